The van der Waals surface area contributed by atoms with Crippen molar-refractivity contribution in [2.75, 3.05) is 12.9 Å². The second-order valence-corrected chi connectivity index (χ2v) is 9.71. The molecule has 1 atom stereocenters. The summed E-state index contributed by atoms with van der Waals surface area (Å²) in [6, 6.07) is 14.0. The summed E-state index contributed by atoms with van der Waals surface area (Å²) in [7, 11) is -3.23. The van der Waals surface area contributed by atoms with Crippen LogP contribution in [0.5, 0.6) is 5.75 Å². The third-order valence-corrected chi connectivity index (χ3v) is 5.40. The second-order valence-electron chi connectivity index (χ2n) is 7.69. The highest BCUT2D eigenvalue weighted by Crippen LogP contribution is 2.24. The van der Waals surface area contributed by atoms with Gasteiger partial charge in [0.1, 0.15) is 5.75 Å². The minimum atomic E-state index is -3.23. The molecule has 5 nitrogen and oxygen atoms in total. The minimum absolute atomic E-state index is 0.0675. The molecular formula is C21H27NO4S. The van der Waals surface area contributed by atoms with E-state index in [0.717, 1.165) is 5.56 Å². The van der Waals surface area contributed by atoms with Gasteiger partial charge in [0.2, 0.25) is 0 Å². The predicted molar refractivity (Wildman–Crippen MR) is 107 cm³/mol. The van der Waals surface area contributed by atoms with Gasteiger partial charge in [-0.2, -0.15) is 0 Å². The molecule has 6 heteroatoms. The minimum Gasteiger partial charge on any atom is -0.484 e. The monoisotopic (exact) mass is 389 g/mol. The predicted octanol–water partition coefficient (Wildman–Crippen LogP) is 3.64. The fraction of sp³-hybridized carbons (Fsp3) is 0.381. The highest BCUT2D eigenvalue weighted by Gasteiger charge is 2.14. The lowest BCUT2D eigenvalue weighted by Crippen LogP contribution is -2.31. The van der Waals surface area contributed by atoms with Gasteiger partial charge >= 0.3 is 0 Å². The topological polar surface area (TPSA) is 72.5 Å². The molecule has 0 heterocycles. The van der Waals surface area contributed by atoms with Gasteiger partial charge in [0, 0.05) is 6.26 Å². The molecule has 1 amide bonds. The Morgan fingerprint density at radius 1 is 1.04 bits per heavy atom. The van der Waals surface area contributed by atoms with E-state index in [1.54, 1.807) is 24.3 Å². The van der Waals surface area contributed by atoms with E-state index in [2.05, 4.69) is 26.1 Å². The number of carbonyl (C=O) groups is 1. The third kappa shape index (κ3) is 6.10. The van der Waals surface area contributed by atoms with Crippen LogP contribution in [-0.2, 0) is 20.0 Å². The number of ether oxygens (including phenoxy) is 1. The largest absolute Gasteiger partial charge is 0.484 e. The Labute approximate surface area is 161 Å². The van der Waals surface area contributed by atoms with Gasteiger partial charge in [-0.25, -0.2) is 8.42 Å². The lowest BCUT2D eigenvalue weighted by Gasteiger charge is -2.19. The molecule has 2 rings (SSSR count). The summed E-state index contributed by atoms with van der Waals surface area (Å²) >= 11 is 0. The van der Waals surface area contributed by atoms with Crippen LogP contribution in [0.1, 0.15) is 44.9 Å². The SMILES string of the molecule is CC(NC(=O)COc1ccc(C(C)(C)C)cc1)c1ccc(S(C)(=O)=O)cc1. The van der Waals surface area contributed by atoms with Crippen LogP contribution in [0.3, 0.4) is 0 Å². The van der Waals surface area contributed by atoms with E-state index in [1.165, 1.54) is 11.8 Å². The Bertz CT molecular complexity index is 879. The Hall–Kier alpha value is -2.34. The molecule has 2 aromatic carbocycles. The molecule has 0 bridgehead atoms. The van der Waals surface area contributed by atoms with Gasteiger partial charge in [0.05, 0.1) is 10.9 Å². The van der Waals surface area contributed by atoms with Gasteiger partial charge in [-0.1, -0.05) is 45.0 Å². The first-order chi connectivity index (χ1) is 12.5. The number of amides is 1. The third-order valence-electron chi connectivity index (χ3n) is 4.28. The zero-order valence-corrected chi connectivity index (χ0v) is 17.3. The summed E-state index contributed by atoms with van der Waals surface area (Å²) in [5.41, 5.74) is 2.09. The van der Waals surface area contributed by atoms with Crippen LogP contribution in [0, 0.1) is 0 Å². The smallest absolute Gasteiger partial charge is 0.258 e. The lowest BCUT2D eigenvalue weighted by atomic mass is 9.87. The van der Waals surface area contributed by atoms with Crippen molar-refractivity contribution in [2.45, 2.75) is 44.0 Å². The van der Waals surface area contributed by atoms with Crippen molar-refractivity contribution in [2.24, 2.45) is 0 Å². The van der Waals surface area contributed by atoms with E-state index in [1.807, 2.05) is 31.2 Å². The quantitative estimate of drug-likeness (QED) is 0.819. The zero-order valence-electron chi connectivity index (χ0n) is 16.4. The number of rotatable bonds is 6. The van der Waals surface area contributed by atoms with Crippen molar-refractivity contribution in [1.29, 1.82) is 0 Å². The number of hydrogen-bond donors (Lipinski definition) is 1. The first-order valence-corrected chi connectivity index (χ1v) is 10.7. The fourth-order valence-electron chi connectivity index (χ4n) is 2.57. The summed E-state index contributed by atoms with van der Waals surface area (Å²) in [6.07, 6.45) is 1.17. The summed E-state index contributed by atoms with van der Waals surface area (Å²) in [4.78, 5) is 12.4. The molecule has 146 valence electrons. The van der Waals surface area contributed by atoms with E-state index in [9.17, 15) is 13.2 Å². The summed E-state index contributed by atoms with van der Waals surface area (Å²) in [6.45, 7) is 8.17. The second kappa shape index (κ2) is 8.13. The Morgan fingerprint density at radius 2 is 1.59 bits per heavy atom. The van der Waals surface area contributed by atoms with Crippen molar-refractivity contribution in [3.8, 4) is 5.75 Å². The number of carbonyl (C=O) groups excluding carboxylic acids is 1. The number of hydrogen-bond acceptors (Lipinski definition) is 4. The maximum absolute atomic E-state index is 12.1. The molecule has 0 saturated carbocycles. The Kier molecular flexibility index (Phi) is 6.31. The van der Waals surface area contributed by atoms with Gasteiger partial charge < -0.3 is 10.1 Å². The first-order valence-electron chi connectivity index (χ1n) is 8.79. The molecular weight excluding hydrogens is 362 g/mol. The van der Waals surface area contributed by atoms with Gasteiger partial charge in [-0.3, -0.25) is 4.79 Å². The summed E-state index contributed by atoms with van der Waals surface area (Å²) < 4.78 is 28.5. The number of nitrogens with one attached hydrogen (secondary N) is 1. The molecule has 0 aliphatic carbocycles. The van der Waals surface area contributed by atoms with Gasteiger partial charge in [-0.15, -0.1) is 0 Å². The first kappa shape index (κ1) is 21.0. The molecule has 0 aliphatic heterocycles. The van der Waals surface area contributed by atoms with Crippen LogP contribution >= 0.6 is 0 Å². The van der Waals surface area contributed by atoms with Crippen LogP contribution in [0.4, 0.5) is 0 Å². The molecule has 0 aromatic heterocycles. The molecule has 0 aliphatic rings. The van der Waals surface area contributed by atoms with Gasteiger partial charge in [-0.05, 0) is 47.7 Å². The van der Waals surface area contributed by atoms with Crippen LogP contribution in [0.15, 0.2) is 53.4 Å². The van der Waals surface area contributed by atoms with Crippen molar-refractivity contribution in [3.63, 3.8) is 0 Å². The maximum atomic E-state index is 12.1. The number of sulfone groups is 1. The summed E-state index contributed by atoms with van der Waals surface area (Å²) in [5, 5.41) is 2.85. The van der Waals surface area contributed by atoms with Gasteiger partial charge in [0.15, 0.2) is 16.4 Å². The Balaban J connectivity index is 1.89. The van der Waals surface area contributed by atoms with E-state index < -0.39 is 9.84 Å². The average Bonchev–Trinajstić information content (AvgIpc) is 2.59. The normalized spacial score (nSPS) is 13.1. The standard InChI is InChI=1S/C21H27NO4S/c1-15(16-6-12-19(13-7-16)27(5,24)25)22-20(23)14-26-18-10-8-17(9-11-18)21(2,3)4/h6-13,15H,14H2,1-5H3,(H,22,23). The zero-order chi connectivity index (χ0) is 20.2. The van der Waals surface area contributed by atoms with Gasteiger partial charge in [0.25, 0.3) is 5.91 Å². The van der Waals surface area contributed by atoms with Crippen molar-refractivity contribution >= 4 is 15.7 Å². The molecule has 2 aromatic rings. The fourth-order valence-corrected chi connectivity index (χ4v) is 3.20. The molecule has 0 fully saturated rings. The lowest BCUT2D eigenvalue weighted by molar-refractivity contribution is -0.123. The highest BCUT2D eigenvalue weighted by molar-refractivity contribution is 7.90. The summed E-state index contributed by atoms with van der Waals surface area (Å²) in [5.74, 6) is 0.401. The Morgan fingerprint density at radius 3 is 2.07 bits per heavy atom. The number of benzene rings is 2. The molecule has 27 heavy (non-hydrogen) atoms. The van der Waals surface area contributed by atoms with Crippen molar-refractivity contribution in [1.82, 2.24) is 5.32 Å². The molecule has 0 radical (unpaired) electrons. The molecule has 1 unspecified atom stereocenters. The van der Waals surface area contributed by atoms with Crippen molar-refractivity contribution in [3.05, 3.63) is 59.7 Å². The van der Waals surface area contributed by atoms with E-state index in [0.29, 0.717) is 5.75 Å². The van der Waals surface area contributed by atoms with Crippen LogP contribution in [0.2, 0.25) is 0 Å². The van der Waals surface area contributed by atoms with Crippen LogP contribution in [0.25, 0.3) is 0 Å². The van der Waals surface area contributed by atoms with Crippen LogP contribution < -0.4 is 10.1 Å². The van der Waals surface area contributed by atoms with E-state index >= 15 is 0 Å². The van der Waals surface area contributed by atoms with E-state index in [-0.39, 0.29) is 28.9 Å². The molecule has 1 N–H and O–H groups in total. The van der Waals surface area contributed by atoms with Crippen molar-refractivity contribution < 1.29 is 17.9 Å². The average molecular weight is 390 g/mol. The maximum Gasteiger partial charge on any atom is 0.258 e. The molecule has 0 spiro atoms. The van der Waals surface area contributed by atoms with Crippen LogP contribution in [-0.4, -0.2) is 27.2 Å². The molecule has 0 saturated heterocycles. The van der Waals surface area contributed by atoms with E-state index in [4.69, 9.17) is 4.74 Å². The highest BCUT2D eigenvalue weighted by atomic mass is 32.2.